The van der Waals surface area contributed by atoms with E-state index in [1.807, 2.05) is 19.1 Å². The maximum absolute atomic E-state index is 12.6. The van der Waals surface area contributed by atoms with Crippen molar-refractivity contribution in [1.82, 2.24) is 20.0 Å². The van der Waals surface area contributed by atoms with Gasteiger partial charge in [-0.15, -0.1) is 0 Å². The van der Waals surface area contributed by atoms with E-state index in [0.717, 1.165) is 18.8 Å². The molecule has 1 fully saturated rings. The third-order valence-corrected chi connectivity index (χ3v) is 5.77. The molecule has 0 unspecified atom stereocenters. The van der Waals surface area contributed by atoms with Crippen LogP contribution < -0.4 is 5.32 Å². The van der Waals surface area contributed by atoms with Crippen LogP contribution in [0.2, 0.25) is 0 Å². The molecule has 3 rings (SSSR count). The van der Waals surface area contributed by atoms with Gasteiger partial charge in [-0.05, 0) is 77.9 Å². The van der Waals surface area contributed by atoms with Gasteiger partial charge in [-0.25, -0.2) is 9.48 Å². The number of nitrogens with one attached hydrogen (secondary N) is 1. The SMILES string of the molecule is CCOC(=O)c1cnn(-c2ccc(C(=O)NCC(C)(C)N3CCCCC3)cc2)c1C. The van der Waals surface area contributed by atoms with Gasteiger partial charge in [0.15, 0.2) is 0 Å². The third kappa shape index (κ3) is 4.90. The number of hydrogen-bond acceptors (Lipinski definition) is 5. The standard InChI is InChI=1S/C23H32N4O3/c1-5-30-22(29)20-15-25-27(17(20)2)19-11-9-18(10-12-19)21(28)24-16-23(3,4)26-13-7-6-8-14-26/h9-12,15H,5-8,13-14,16H2,1-4H3,(H,24,28). The number of piperidine rings is 1. The molecular weight excluding hydrogens is 380 g/mol. The molecule has 7 nitrogen and oxygen atoms in total. The molecule has 162 valence electrons. The molecule has 0 radical (unpaired) electrons. The zero-order valence-electron chi connectivity index (χ0n) is 18.4. The molecule has 0 aliphatic carbocycles. The van der Waals surface area contributed by atoms with Crippen LogP contribution in [0.5, 0.6) is 0 Å². The number of ether oxygens (including phenoxy) is 1. The van der Waals surface area contributed by atoms with Crippen LogP contribution in [0.25, 0.3) is 5.69 Å². The Kier molecular flexibility index (Phi) is 6.92. The average molecular weight is 413 g/mol. The van der Waals surface area contributed by atoms with E-state index in [-0.39, 0.29) is 17.4 Å². The summed E-state index contributed by atoms with van der Waals surface area (Å²) >= 11 is 0. The molecule has 0 spiro atoms. The first-order chi connectivity index (χ1) is 14.3. The Balaban J connectivity index is 1.64. The summed E-state index contributed by atoms with van der Waals surface area (Å²) in [4.78, 5) is 27.1. The molecule has 2 aromatic rings. The van der Waals surface area contributed by atoms with Gasteiger partial charge in [0.25, 0.3) is 5.91 Å². The lowest BCUT2D eigenvalue weighted by Gasteiger charge is -2.41. The topological polar surface area (TPSA) is 76.5 Å². The van der Waals surface area contributed by atoms with Crippen molar-refractivity contribution >= 4 is 11.9 Å². The van der Waals surface area contributed by atoms with Crippen molar-refractivity contribution in [1.29, 1.82) is 0 Å². The largest absolute Gasteiger partial charge is 0.462 e. The summed E-state index contributed by atoms with van der Waals surface area (Å²) in [5.41, 5.74) is 2.47. The van der Waals surface area contributed by atoms with Gasteiger partial charge in [0.05, 0.1) is 24.2 Å². The van der Waals surface area contributed by atoms with Gasteiger partial charge in [0.2, 0.25) is 0 Å². The normalized spacial score (nSPS) is 15.1. The van der Waals surface area contributed by atoms with E-state index in [1.54, 1.807) is 23.7 Å². The van der Waals surface area contributed by atoms with Crippen molar-refractivity contribution in [3.8, 4) is 5.69 Å². The van der Waals surface area contributed by atoms with Gasteiger partial charge >= 0.3 is 5.97 Å². The molecule has 0 atom stereocenters. The second-order valence-corrected chi connectivity index (χ2v) is 8.37. The molecule has 1 aliphatic heterocycles. The molecule has 2 heterocycles. The maximum Gasteiger partial charge on any atom is 0.341 e. The van der Waals surface area contributed by atoms with Crippen LogP contribution in [0.3, 0.4) is 0 Å². The number of amides is 1. The van der Waals surface area contributed by atoms with E-state index in [0.29, 0.717) is 30.0 Å². The van der Waals surface area contributed by atoms with E-state index in [2.05, 4.69) is 29.2 Å². The highest BCUT2D eigenvalue weighted by Crippen LogP contribution is 2.20. The highest BCUT2D eigenvalue weighted by molar-refractivity contribution is 5.94. The third-order valence-electron chi connectivity index (χ3n) is 5.77. The maximum atomic E-state index is 12.6. The quantitative estimate of drug-likeness (QED) is 0.706. The lowest BCUT2D eigenvalue weighted by molar-refractivity contribution is 0.0525. The molecule has 30 heavy (non-hydrogen) atoms. The van der Waals surface area contributed by atoms with Crippen molar-refractivity contribution < 1.29 is 14.3 Å². The van der Waals surface area contributed by atoms with E-state index in [1.165, 1.54) is 25.5 Å². The molecular formula is C23H32N4O3. The van der Waals surface area contributed by atoms with Crippen molar-refractivity contribution in [2.24, 2.45) is 0 Å². The fourth-order valence-electron chi connectivity index (χ4n) is 3.84. The van der Waals surface area contributed by atoms with Gasteiger partial charge in [-0.2, -0.15) is 5.10 Å². The van der Waals surface area contributed by atoms with Gasteiger partial charge in [0, 0.05) is 17.6 Å². The van der Waals surface area contributed by atoms with Gasteiger partial charge < -0.3 is 10.1 Å². The minimum absolute atomic E-state index is 0.0638. The molecule has 1 aliphatic rings. The van der Waals surface area contributed by atoms with Crippen molar-refractivity contribution in [3.05, 3.63) is 47.3 Å². The molecule has 7 heteroatoms. The van der Waals surface area contributed by atoms with Crippen LogP contribution in [0.4, 0.5) is 0 Å². The number of esters is 1. The number of carbonyl (C=O) groups excluding carboxylic acids is 2. The molecule has 1 saturated heterocycles. The lowest BCUT2D eigenvalue weighted by Crippen LogP contribution is -2.53. The number of likely N-dealkylation sites (tertiary alicyclic amines) is 1. The summed E-state index contributed by atoms with van der Waals surface area (Å²) in [6.45, 7) is 11.1. The van der Waals surface area contributed by atoms with Crippen molar-refractivity contribution in [2.45, 2.75) is 52.5 Å². The van der Waals surface area contributed by atoms with E-state index < -0.39 is 0 Å². The first-order valence-corrected chi connectivity index (χ1v) is 10.7. The Morgan fingerprint density at radius 2 is 1.80 bits per heavy atom. The summed E-state index contributed by atoms with van der Waals surface area (Å²) in [5.74, 6) is -0.468. The van der Waals surface area contributed by atoms with Crippen LogP contribution >= 0.6 is 0 Å². The van der Waals surface area contributed by atoms with Crippen molar-refractivity contribution in [3.63, 3.8) is 0 Å². The smallest absolute Gasteiger partial charge is 0.341 e. The Morgan fingerprint density at radius 3 is 2.43 bits per heavy atom. The number of hydrogen-bond donors (Lipinski definition) is 1. The van der Waals surface area contributed by atoms with Crippen LogP contribution in [-0.4, -0.2) is 58.3 Å². The number of nitrogens with zero attached hydrogens (tertiary/aromatic N) is 3. The van der Waals surface area contributed by atoms with Crippen LogP contribution in [0.1, 0.15) is 66.4 Å². The number of aromatic nitrogens is 2. The molecule has 1 N–H and O–H groups in total. The number of carbonyl (C=O) groups is 2. The van der Waals surface area contributed by atoms with Crippen LogP contribution in [-0.2, 0) is 4.74 Å². The van der Waals surface area contributed by atoms with Crippen LogP contribution in [0, 0.1) is 6.92 Å². The van der Waals surface area contributed by atoms with Crippen LogP contribution in [0.15, 0.2) is 30.5 Å². The second kappa shape index (κ2) is 9.43. The Labute approximate surface area is 178 Å². The predicted octanol–water partition coefficient (Wildman–Crippen LogP) is 3.35. The zero-order chi connectivity index (χ0) is 21.7. The Hall–Kier alpha value is -2.67. The zero-order valence-corrected chi connectivity index (χ0v) is 18.4. The fraction of sp³-hybridized carbons (Fsp3) is 0.522. The summed E-state index contributed by atoms with van der Waals surface area (Å²) in [5, 5.41) is 7.37. The molecule has 1 aromatic carbocycles. The van der Waals surface area contributed by atoms with E-state index in [4.69, 9.17) is 4.74 Å². The first-order valence-electron chi connectivity index (χ1n) is 10.7. The van der Waals surface area contributed by atoms with Gasteiger partial charge in [-0.1, -0.05) is 6.42 Å². The average Bonchev–Trinajstić information content (AvgIpc) is 3.14. The molecule has 0 bridgehead atoms. The second-order valence-electron chi connectivity index (χ2n) is 8.37. The summed E-state index contributed by atoms with van der Waals surface area (Å²) < 4.78 is 6.73. The first kappa shape index (κ1) is 22.0. The Morgan fingerprint density at radius 1 is 1.13 bits per heavy atom. The van der Waals surface area contributed by atoms with E-state index >= 15 is 0 Å². The van der Waals surface area contributed by atoms with Crippen molar-refractivity contribution in [2.75, 3.05) is 26.2 Å². The number of rotatable bonds is 7. The van der Waals surface area contributed by atoms with Gasteiger partial charge in [0.1, 0.15) is 5.56 Å². The summed E-state index contributed by atoms with van der Waals surface area (Å²) in [6, 6.07) is 7.23. The monoisotopic (exact) mass is 412 g/mol. The molecule has 1 aromatic heterocycles. The number of benzene rings is 1. The fourth-order valence-corrected chi connectivity index (χ4v) is 3.84. The Bertz CT molecular complexity index is 880. The minimum Gasteiger partial charge on any atom is -0.462 e. The highest BCUT2D eigenvalue weighted by Gasteiger charge is 2.28. The highest BCUT2D eigenvalue weighted by atomic mass is 16.5. The molecule has 0 saturated carbocycles. The van der Waals surface area contributed by atoms with Gasteiger partial charge in [-0.3, -0.25) is 9.69 Å². The predicted molar refractivity (Wildman–Crippen MR) is 116 cm³/mol. The van der Waals surface area contributed by atoms with E-state index in [9.17, 15) is 9.59 Å². The molecule has 1 amide bonds. The summed E-state index contributed by atoms with van der Waals surface area (Å²) in [6.07, 6.45) is 5.26. The minimum atomic E-state index is -0.381. The lowest BCUT2D eigenvalue weighted by atomic mass is 9.98. The summed E-state index contributed by atoms with van der Waals surface area (Å²) in [7, 11) is 0.